The molecule has 0 aliphatic carbocycles. The maximum absolute atomic E-state index is 13.6. The quantitative estimate of drug-likeness (QED) is 0.925. The van der Waals surface area contributed by atoms with E-state index in [2.05, 4.69) is 0 Å². The van der Waals surface area contributed by atoms with Crippen molar-refractivity contribution in [3.8, 4) is 5.75 Å². The van der Waals surface area contributed by atoms with Crippen LogP contribution in [0.4, 0.5) is 10.1 Å². The summed E-state index contributed by atoms with van der Waals surface area (Å²) in [6.45, 7) is 1.44. The van der Waals surface area contributed by atoms with Crippen LogP contribution in [-0.2, 0) is 20.7 Å². The summed E-state index contributed by atoms with van der Waals surface area (Å²) >= 11 is 0. The topological polar surface area (TPSA) is 59.0 Å². The Kier molecular flexibility index (Phi) is 5.13. The highest BCUT2D eigenvalue weighted by Gasteiger charge is 2.24. The zero-order valence-electron chi connectivity index (χ0n) is 13.1. The molecule has 0 spiro atoms. The van der Waals surface area contributed by atoms with Gasteiger partial charge in [0.1, 0.15) is 0 Å². The zero-order valence-corrected chi connectivity index (χ0v) is 13.1. The van der Waals surface area contributed by atoms with Gasteiger partial charge in [-0.2, -0.15) is 0 Å². The van der Waals surface area contributed by atoms with Crippen molar-refractivity contribution in [3.63, 3.8) is 0 Å². The number of aromatic hydroxyl groups is 1. The number of ether oxygens (including phenoxy) is 2. The minimum atomic E-state index is -0.648. The number of rotatable bonds is 4. The molecule has 0 radical (unpaired) electrons. The minimum absolute atomic E-state index is 0.0251. The SMILES string of the molecule is O=C1CCCc2cc(F)c(O)cc2N1CCOC1CCCCO1. The number of anilines is 1. The highest BCUT2D eigenvalue weighted by Crippen LogP contribution is 2.32. The van der Waals surface area contributed by atoms with Gasteiger partial charge < -0.3 is 19.5 Å². The molecule has 2 heterocycles. The molecule has 1 aromatic rings. The molecule has 1 atom stereocenters. The van der Waals surface area contributed by atoms with Crippen LogP contribution in [0.15, 0.2) is 12.1 Å². The lowest BCUT2D eigenvalue weighted by atomic mass is 10.1. The van der Waals surface area contributed by atoms with E-state index in [9.17, 15) is 14.3 Å². The number of carbonyl (C=O) groups excluding carboxylic acids is 1. The lowest BCUT2D eigenvalue weighted by molar-refractivity contribution is -0.161. The lowest BCUT2D eigenvalue weighted by Gasteiger charge is -2.26. The van der Waals surface area contributed by atoms with Gasteiger partial charge >= 0.3 is 0 Å². The molecule has 23 heavy (non-hydrogen) atoms. The molecule has 6 heteroatoms. The zero-order chi connectivity index (χ0) is 16.2. The summed E-state index contributed by atoms with van der Waals surface area (Å²) in [4.78, 5) is 13.9. The van der Waals surface area contributed by atoms with Gasteiger partial charge in [0.05, 0.1) is 12.3 Å². The van der Waals surface area contributed by atoms with Gasteiger partial charge in [-0.25, -0.2) is 4.39 Å². The number of amides is 1. The van der Waals surface area contributed by atoms with Gasteiger partial charge in [-0.3, -0.25) is 4.79 Å². The van der Waals surface area contributed by atoms with Crippen molar-refractivity contribution < 1.29 is 23.8 Å². The average molecular weight is 323 g/mol. The third kappa shape index (κ3) is 3.82. The molecule has 0 bridgehead atoms. The number of benzene rings is 1. The molecular weight excluding hydrogens is 301 g/mol. The molecule has 1 fully saturated rings. The predicted molar refractivity (Wildman–Crippen MR) is 82.9 cm³/mol. The summed E-state index contributed by atoms with van der Waals surface area (Å²) in [7, 11) is 0. The molecule has 0 saturated carbocycles. The maximum atomic E-state index is 13.6. The number of phenols is 1. The summed E-state index contributed by atoms with van der Waals surface area (Å²) in [5.74, 6) is -1.10. The Morgan fingerprint density at radius 2 is 2.17 bits per heavy atom. The maximum Gasteiger partial charge on any atom is 0.227 e. The highest BCUT2D eigenvalue weighted by atomic mass is 19.1. The number of phenolic OH excluding ortho intramolecular Hbond substituents is 1. The first kappa shape index (κ1) is 16.2. The number of nitrogens with zero attached hydrogens (tertiary/aromatic N) is 1. The fourth-order valence-corrected chi connectivity index (χ4v) is 3.11. The normalized spacial score (nSPS) is 21.9. The average Bonchev–Trinajstić information content (AvgIpc) is 2.69. The molecule has 1 saturated heterocycles. The molecule has 3 rings (SSSR count). The molecule has 5 nitrogen and oxygen atoms in total. The van der Waals surface area contributed by atoms with E-state index in [1.54, 1.807) is 4.90 Å². The second-order valence-corrected chi connectivity index (χ2v) is 6.00. The van der Waals surface area contributed by atoms with Crippen molar-refractivity contribution in [2.75, 3.05) is 24.7 Å². The standard InChI is InChI=1S/C17H22FNO4/c18-13-10-12-4-3-5-16(21)19(14(12)11-15(13)20)7-9-23-17-6-1-2-8-22-17/h10-11,17,20H,1-9H2. The van der Waals surface area contributed by atoms with Crippen molar-refractivity contribution >= 4 is 11.6 Å². The number of hydrogen-bond acceptors (Lipinski definition) is 4. The third-order valence-corrected chi connectivity index (χ3v) is 4.33. The van der Waals surface area contributed by atoms with Gasteiger partial charge in [-0.05, 0) is 43.7 Å². The largest absolute Gasteiger partial charge is 0.505 e. The summed E-state index contributed by atoms with van der Waals surface area (Å²) in [5, 5.41) is 9.64. The molecule has 0 aromatic heterocycles. The number of hydrogen-bond donors (Lipinski definition) is 1. The van der Waals surface area contributed by atoms with Gasteiger partial charge in [-0.1, -0.05) is 0 Å². The monoisotopic (exact) mass is 323 g/mol. The van der Waals surface area contributed by atoms with Crippen molar-refractivity contribution in [1.29, 1.82) is 0 Å². The molecule has 2 aliphatic rings. The number of halogens is 1. The Balaban J connectivity index is 1.69. The Labute approximate surface area is 135 Å². The molecule has 2 aliphatic heterocycles. The van der Waals surface area contributed by atoms with Crippen LogP contribution >= 0.6 is 0 Å². The van der Waals surface area contributed by atoms with E-state index >= 15 is 0 Å². The highest BCUT2D eigenvalue weighted by molar-refractivity contribution is 5.95. The second-order valence-electron chi connectivity index (χ2n) is 6.00. The van der Waals surface area contributed by atoms with E-state index in [1.165, 1.54) is 12.1 Å². The van der Waals surface area contributed by atoms with Crippen LogP contribution < -0.4 is 4.90 Å². The molecule has 1 amide bonds. The minimum Gasteiger partial charge on any atom is -0.505 e. The van der Waals surface area contributed by atoms with Crippen molar-refractivity contribution in [2.45, 2.75) is 44.8 Å². The van der Waals surface area contributed by atoms with E-state index in [4.69, 9.17) is 9.47 Å². The van der Waals surface area contributed by atoms with Crippen molar-refractivity contribution in [2.24, 2.45) is 0 Å². The summed E-state index contributed by atoms with van der Waals surface area (Å²) in [6.07, 6.45) is 4.53. The fraction of sp³-hybridized carbons (Fsp3) is 0.588. The first-order valence-electron chi connectivity index (χ1n) is 8.20. The van der Waals surface area contributed by atoms with Crippen LogP contribution in [0.2, 0.25) is 0 Å². The number of carbonyl (C=O) groups is 1. The van der Waals surface area contributed by atoms with Gasteiger partial charge in [0.15, 0.2) is 17.9 Å². The van der Waals surface area contributed by atoms with E-state index in [0.717, 1.165) is 24.8 Å². The predicted octanol–water partition coefficient (Wildman–Crippen LogP) is 2.74. The molecular formula is C17H22FNO4. The Morgan fingerprint density at radius 1 is 1.30 bits per heavy atom. The van der Waals surface area contributed by atoms with E-state index in [1.807, 2.05) is 0 Å². The summed E-state index contributed by atoms with van der Waals surface area (Å²) in [5.41, 5.74) is 1.33. The van der Waals surface area contributed by atoms with Crippen LogP contribution in [0.5, 0.6) is 5.75 Å². The van der Waals surface area contributed by atoms with Crippen LogP contribution in [0.25, 0.3) is 0 Å². The third-order valence-electron chi connectivity index (χ3n) is 4.33. The molecule has 126 valence electrons. The summed E-state index contributed by atoms with van der Waals surface area (Å²) < 4.78 is 24.8. The fourth-order valence-electron chi connectivity index (χ4n) is 3.11. The first-order chi connectivity index (χ1) is 11.1. The van der Waals surface area contributed by atoms with Gasteiger partial charge in [0.2, 0.25) is 5.91 Å². The van der Waals surface area contributed by atoms with Crippen molar-refractivity contribution in [1.82, 2.24) is 0 Å². The Morgan fingerprint density at radius 3 is 2.96 bits per heavy atom. The van der Waals surface area contributed by atoms with E-state index in [-0.39, 0.29) is 12.2 Å². The van der Waals surface area contributed by atoms with E-state index in [0.29, 0.717) is 44.7 Å². The van der Waals surface area contributed by atoms with Gasteiger partial charge in [0, 0.05) is 25.6 Å². The van der Waals surface area contributed by atoms with E-state index < -0.39 is 11.6 Å². The second kappa shape index (κ2) is 7.27. The first-order valence-corrected chi connectivity index (χ1v) is 8.20. The van der Waals surface area contributed by atoms with Crippen LogP contribution in [0.1, 0.15) is 37.7 Å². The summed E-state index contributed by atoms with van der Waals surface area (Å²) in [6, 6.07) is 2.66. The Hall–Kier alpha value is -1.66. The lowest BCUT2D eigenvalue weighted by Crippen LogP contribution is -2.35. The number of aryl methyl sites for hydroxylation is 1. The van der Waals surface area contributed by atoms with Crippen molar-refractivity contribution in [3.05, 3.63) is 23.5 Å². The van der Waals surface area contributed by atoms with Gasteiger partial charge in [-0.15, -0.1) is 0 Å². The van der Waals surface area contributed by atoms with Crippen LogP contribution in [0.3, 0.4) is 0 Å². The molecule has 1 N–H and O–H groups in total. The van der Waals surface area contributed by atoms with Crippen LogP contribution in [-0.4, -0.2) is 37.1 Å². The Bertz CT molecular complexity index is 572. The number of fused-ring (bicyclic) bond motifs is 1. The smallest absolute Gasteiger partial charge is 0.227 e. The molecule has 1 aromatic carbocycles. The van der Waals surface area contributed by atoms with Gasteiger partial charge in [0.25, 0.3) is 0 Å². The molecule has 1 unspecified atom stereocenters. The van der Waals surface area contributed by atoms with Crippen LogP contribution in [0, 0.1) is 5.82 Å².